The maximum absolute atomic E-state index is 12.7. The zero-order chi connectivity index (χ0) is 26.9. The lowest BCUT2D eigenvalue weighted by molar-refractivity contribution is 0.0930. The molecular formula is C31H31N3O5. The molecule has 39 heavy (non-hydrogen) atoms. The Balaban J connectivity index is 1.02. The summed E-state index contributed by atoms with van der Waals surface area (Å²) in [6.07, 6.45) is 7.08. The smallest absolute Gasteiger partial charge is 0.415 e. The highest BCUT2D eigenvalue weighted by molar-refractivity contribution is 5.70. The van der Waals surface area contributed by atoms with Crippen LogP contribution in [0.4, 0.5) is 4.79 Å². The summed E-state index contributed by atoms with van der Waals surface area (Å²) in [5, 5.41) is 0. The zero-order valence-corrected chi connectivity index (χ0v) is 21.9. The fourth-order valence-electron chi connectivity index (χ4n) is 4.18. The first-order valence-corrected chi connectivity index (χ1v) is 13.1. The van der Waals surface area contributed by atoms with Crippen LogP contribution in [-0.4, -0.2) is 46.8 Å². The first-order valence-electron chi connectivity index (χ1n) is 13.1. The van der Waals surface area contributed by atoms with Crippen molar-refractivity contribution in [2.75, 3.05) is 19.7 Å². The number of nitrogens with zero attached hydrogens (tertiary/aromatic N) is 3. The molecule has 1 aliphatic heterocycles. The van der Waals surface area contributed by atoms with E-state index in [-0.39, 0.29) is 12.2 Å². The van der Waals surface area contributed by atoms with E-state index in [1.54, 1.807) is 23.5 Å². The summed E-state index contributed by atoms with van der Waals surface area (Å²) < 4.78 is 23.2. The van der Waals surface area contributed by atoms with Gasteiger partial charge in [-0.25, -0.2) is 9.78 Å². The summed E-state index contributed by atoms with van der Waals surface area (Å²) in [7, 11) is 0. The molecule has 2 aromatic heterocycles. The largest absolute Gasteiger partial charge is 0.492 e. The quantitative estimate of drug-likeness (QED) is 0.256. The Kier molecular flexibility index (Phi) is 8.53. The third kappa shape index (κ3) is 7.70. The third-order valence-corrected chi connectivity index (χ3v) is 6.36. The predicted molar refractivity (Wildman–Crippen MR) is 147 cm³/mol. The first-order chi connectivity index (χ1) is 19.1. The second kappa shape index (κ2) is 12.8. The molecule has 1 fully saturated rings. The number of pyridine rings is 2. The summed E-state index contributed by atoms with van der Waals surface area (Å²) in [5.41, 5.74) is 2.18. The number of rotatable bonds is 9. The Morgan fingerprint density at radius 3 is 2.31 bits per heavy atom. The molecular weight excluding hydrogens is 494 g/mol. The molecule has 3 heterocycles. The van der Waals surface area contributed by atoms with Gasteiger partial charge in [0.25, 0.3) is 0 Å². The minimum absolute atomic E-state index is 0.0350. The number of carbonyl (C=O) groups is 1. The maximum Gasteiger partial charge on any atom is 0.415 e. The monoisotopic (exact) mass is 525 g/mol. The van der Waals surface area contributed by atoms with Crippen molar-refractivity contribution in [3.8, 4) is 28.9 Å². The molecule has 2 aromatic carbocycles. The van der Waals surface area contributed by atoms with Crippen LogP contribution in [0.1, 0.15) is 24.0 Å². The van der Waals surface area contributed by atoms with Crippen molar-refractivity contribution in [3.05, 3.63) is 103 Å². The van der Waals surface area contributed by atoms with Gasteiger partial charge in [-0.2, -0.15) is 0 Å². The van der Waals surface area contributed by atoms with E-state index in [9.17, 15) is 4.79 Å². The van der Waals surface area contributed by atoms with E-state index >= 15 is 0 Å². The average Bonchev–Trinajstić information content (AvgIpc) is 2.97. The van der Waals surface area contributed by atoms with Crippen molar-refractivity contribution >= 4 is 6.09 Å². The number of ether oxygens (including phenoxy) is 4. The van der Waals surface area contributed by atoms with Crippen molar-refractivity contribution in [2.24, 2.45) is 0 Å². The number of aromatic nitrogens is 2. The van der Waals surface area contributed by atoms with Gasteiger partial charge < -0.3 is 23.8 Å². The second-order valence-corrected chi connectivity index (χ2v) is 9.35. The zero-order valence-electron chi connectivity index (χ0n) is 21.9. The van der Waals surface area contributed by atoms with Crippen LogP contribution in [0.25, 0.3) is 0 Å². The molecule has 8 nitrogen and oxygen atoms in total. The number of carbonyl (C=O) groups excluding carboxylic acids is 1. The molecule has 0 aliphatic carbocycles. The van der Waals surface area contributed by atoms with E-state index in [2.05, 4.69) is 9.97 Å². The highest BCUT2D eigenvalue weighted by atomic mass is 16.6. The van der Waals surface area contributed by atoms with Crippen LogP contribution in [0.3, 0.4) is 0 Å². The van der Waals surface area contributed by atoms with Gasteiger partial charge in [0, 0.05) is 50.8 Å². The topological polar surface area (TPSA) is 83.0 Å². The normalized spacial score (nSPS) is 13.5. The fraction of sp³-hybridized carbons (Fsp3) is 0.258. The van der Waals surface area contributed by atoms with Gasteiger partial charge in [0.2, 0.25) is 5.88 Å². The molecule has 200 valence electrons. The SMILES string of the molecule is Cc1ccc(Oc2ccc(OC3CCN(C(=O)Oc4ccc(CCOc5cccnc5)cc4)CC3)cc2)nc1. The number of piperidine rings is 1. The molecule has 0 atom stereocenters. The van der Waals surface area contributed by atoms with Crippen LogP contribution in [0.5, 0.6) is 28.9 Å². The van der Waals surface area contributed by atoms with Gasteiger partial charge in [-0.1, -0.05) is 18.2 Å². The van der Waals surface area contributed by atoms with E-state index in [4.69, 9.17) is 18.9 Å². The Morgan fingerprint density at radius 2 is 1.62 bits per heavy atom. The van der Waals surface area contributed by atoms with Gasteiger partial charge in [0.05, 0.1) is 12.8 Å². The van der Waals surface area contributed by atoms with Gasteiger partial charge >= 0.3 is 6.09 Å². The molecule has 0 N–H and O–H groups in total. The van der Waals surface area contributed by atoms with E-state index < -0.39 is 0 Å². The average molecular weight is 526 g/mol. The van der Waals surface area contributed by atoms with Crippen LogP contribution >= 0.6 is 0 Å². The van der Waals surface area contributed by atoms with E-state index in [0.717, 1.165) is 41.9 Å². The van der Waals surface area contributed by atoms with Crippen molar-refractivity contribution in [1.82, 2.24) is 14.9 Å². The molecule has 4 aromatic rings. The molecule has 1 saturated heterocycles. The third-order valence-electron chi connectivity index (χ3n) is 6.36. The molecule has 1 amide bonds. The minimum Gasteiger partial charge on any atom is -0.492 e. The Morgan fingerprint density at radius 1 is 0.872 bits per heavy atom. The van der Waals surface area contributed by atoms with Gasteiger partial charge in [-0.3, -0.25) is 4.98 Å². The predicted octanol–water partition coefficient (Wildman–Crippen LogP) is 6.24. The Hall–Kier alpha value is -4.59. The van der Waals surface area contributed by atoms with Crippen molar-refractivity contribution in [1.29, 1.82) is 0 Å². The molecule has 0 spiro atoms. The number of hydrogen-bond acceptors (Lipinski definition) is 7. The lowest BCUT2D eigenvalue weighted by Crippen LogP contribution is -2.43. The lowest BCUT2D eigenvalue weighted by atomic mass is 10.1. The Bertz CT molecular complexity index is 1320. The van der Waals surface area contributed by atoms with Crippen LogP contribution in [0.15, 0.2) is 91.4 Å². The molecule has 1 aliphatic rings. The number of hydrogen-bond donors (Lipinski definition) is 0. The van der Waals surface area contributed by atoms with E-state index in [0.29, 0.717) is 37.1 Å². The summed E-state index contributed by atoms with van der Waals surface area (Å²) in [5.74, 6) is 3.29. The van der Waals surface area contributed by atoms with Crippen LogP contribution < -0.4 is 18.9 Å². The van der Waals surface area contributed by atoms with Crippen LogP contribution in [-0.2, 0) is 6.42 Å². The molecule has 8 heteroatoms. The summed E-state index contributed by atoms with van der Waals surface area (Å²) in [6.45, 7) is 3.69. The molecule has 0 radical (unpaired) electrons. The van der Waals surface area contributed by atoms with Gasteiger partial charge in [-0.15, -0.1) is 0 Å². The van der Waals surface area contributed by atoms with Crippen LogP contribution in [0.2, 0.25) is 0 Å². The van der Waals surface area contributed by atoms with Gasteiger partial charge in [0.1, 0.15) is 29.1 Å². The number of benzene rings is 2. The maximum atomic E-state index is 12.7. The Labute approximate surface area is 228 Å². The standard InChI is InChI=1S/C31H31N3O5/c1-23-4-13-30(33-21-23)38-26-11-9-25(10-12-26)37-28-14-18-34(19-15-28)31(35)39-27-7-5-24(6-8-27)16-20-36-29-3-2-17-32-22-29/h2-13,17,21-22,28H,14-16,18-20H2,1H3. The van der Waals surface area contributed by atoms with Crippen molar-refractivity contribution < 1.29 is 23.7 Å². The van der Waals surface area contributed by atoms with Gasteiger partial charge in [0.15, 0.2) is 0 Å². The number of likely N-dealkylation sites (tertiary alicyclic amines) is 1. The number of aryl methyl sites for hydroxylation is 1. The summed E-state index contributed by atoms with van der Waals surface area (Å²) in [4.78, 5) is 22.7. The molecule has 0 bridgehead atoms. The molecule has 0 unspecified atom stereocenters. The van der Waals surface area contributed by atoms with E-state index in [1.165, 1.54) is 0 Å². The highest BCUT2D eigenvalue weighted by Gasteiger charge is 2.25. The van der Waals surface area contributed by atoms with Gasteiger partial charge in [-0.05, 0) is 66.6 Å². The fourth-order valence-corrected chi connectivity index (χ4v) is 4.18. The second-order valence-electron chi connectivity index (χ2n) is 9.35. The van der Waals surface area contributed by atoms with Crippen molar-refractivity contribution in [2.45, 2.75) is 32.3 Å². The minimum atomic E-state index is -0.340. The molecule has 5 rings (SSSR count). The number of amides is 1. The summed E-state index contributed by atoms with van der Waals surface area (Å²) in [6, 6.07) is 22.5. The van der Waals surface area contributed by atoms with Crippen molar-refractivity contribution in [3.63, 3.8) is 0 Å². The lowest BCUT2D eigenvalue weighted by Gasteiger charge is -2.31. The van der Waals surface area contributed by atoms with E-state index in [1.807, 2.05) is 79.7 Å². The first kappa shape index (κ1) is 26.0. The summed E-state index contributed by atoms with van der Waals surface area (Å²) >= 11 is 0. The van der Waals surface area contributed by atoms with Crippen LogP contribution in [0, 0.1) is 6.92 Å². The molecule has 0 saturated carbocycles. The highest BCUT2D eigenvalue weighted by Crippen LogP contribution is 2.25.